The Morgan fingerprint density at radius 2 is 2.20 bits per heavy atom. The number of benzene rings is 1. The van der Waals surface area contributed by atoms with E-state index in [0.29, 0.717) is 25.0 Å². The third-order valence-electron chi connectivity index (χ3n) is 5.40. The van der Waals surface area contributed by atoms with E-state index in [0.717, 1.165) is 12.8 Å². The molecule has 1 aromatic rings. The van der Waals surface area contributed by atoms with Crippen molar-refractivity contribution < 1.29 is 18.7 Å². The first kappa shape index (κ1) is 17.9. The molecule has 2 saturated heterocycles. The maximum absolute atomic E-state index is 14.4. The summed E-state index contributed by atoms with van der Waals surface area (Å²) in [6.45, 7) is 2.30. The molecule has 1 N–H and O–H groups in total. The summed E-state index contributed by atoms with van der Waals surface area (Å²) < 4.78 is 19.5. The van der Waals surface area contributed by atoms with Gasteiger partial charge in [0.15, 0.2) is 0 Å². The molecule has 3 atom stereocenters. The van der Waals surface area contributed by atoms with Crippen LogP contribution in [0, 0.1) is 5.82 Å². The maximum Gasteiger partial charge on any atom is 0.225 e. The van der Waals surface area contributed by atoms with Crippen LogP contribution in [0.2, 0.25) is 0 Å². The zero-order valence-corrected chi connectivity index (χ0v) is 14.8. The zero-order chi connectivity index (χ0) is 18.0. The minimum Gasteiger partial charge on any atom is -0.384 e. The van der Waals surface area contributed by atoms with Crippen molar-refractivity contribution in [3.63, 3.8) is 0 Å². The van der Waals surface area contributed by atoms with Crippen molar-refractivity contribution in [3.8, 4) is 0 Å². The smallest absolute Gasteiger partial charge is 0.225 e. The molecule has 2 aliphatic heterocycles. The predicted octanol–water partition coefficient (Wildman–Crippen LogP) is 2.56. The van der Waals surface area contributed by atoms with Crippen molar-refractivity contribution in [1.82, 2.24) is 10.2 Å². The average Bonchev–Trinajstić information content (AvgIpc) is 2.76. The normalized spacial score (nSPS) is 29.1. The second kappa shape index (κ2) is 7.12. The Balaban J connectivity index is 1.99. The second-order valence-electron chi connectivity index (χ2n) is 7.16. The molecule has 2 fully saturated rings. The molecule has 0 aliphatic carbocycles. The topological polar surface area (TPSA) is 58.6 Å². The molecular weight excluding hydrogens is 323 g/mol. The standard InChI is InChI=1S/C19H25FN2O3/c1-19-12-15(13-6-3-4-7-14(13)20)22(18(24)10-11-25-2)16(19)8-5-9-17(23)21-19/h3-4,6-7,15-16H,5,8-12H2,1-2H3,(H,21,23)/t15-,16-,19-/m0/s1. The lowest BCUT2D eigenvalue weighted by Crippen LogP contribution is -2.54. The van der Waals surface area contributed by atoms with Crippen molar-refractivity contribution in [2.75, 3.05) is 13.7 Å². The van der Waals surface area contributed by atoms with Crippen molar-refractivity contribution in [2.24, 2.45) is 0 Å². The van der Waals surface area contributed by atoms with E-state index in [1.54, 1.807) is 30.2 Å². The maximum atomic E-state index is 14.4. The van der Waals surface area contributed by atoms with Crippen LogP contribution in [0.4, 0.5) is 4.39 Å². The van der Waals surface area contributed by atoms with Crippen LogP contribution in [0.15, 0.2) is 24.3 Å². The largest absolute Gasteiger partial charge is 0.384 e. The number of amides is 2. The predicted molar refractivity (Wildman–Crippen MR) is 91.3 cm³/mol. The highest BCUT2D eigenvalue weighted by atomic mass is 19.1. The van der Waals surface area contributed by atoms with E-state index in [1.165, 1.54) is 6.07 Å². The molecule has 2 heterocycles. The fraction of sp³-hybridized carbons (Fsp3) is 0.579. The van der Waals surface area contributed by atoms with Crippen LogP contribution in [0.25, 0.3) is 0 Å². The number of fused-ring (bicyclic) bond motifs is 1. The van der Waals surface area contributed by atoms with Crippen molar-refractivity contribution >= 4 is 11.8 Å². The van der Waals surface area contributed by atoms with Crippen molar-refractivity contribution in [1.29, 1.82) is 0 Å². The molecule has 0 spiro atoms. The Morgan fingerprint density at radius 1 is 1.44 bits per heavy atom. The SMILES string of the molecule is COCCC(=O)N1[C@H]2CCCC(=O)N[C@@]2(C)C[C@H]1c1ccccc1F. The monoisotopic (exact) mass is 348 g/mol. The third-order valence-corrected chi connectivity index (χ3v) is 5.40. The van der Waals surface area contributed by atoms with Crippen LogP contribution in [-0.2, 0) is 14.3 Å². The molecule has 25 heavy (non-hydrogen) atoms. The molecule has 6 heteroatoms. The van der Waals surface area contributed by atoms with Gasteiger partial charge in [0.2, 0.25) is 11.8 Å². The van der Waals surface area contributed by atoms with Crippen LogP contribution in [-0.4, -0.2) is 42.0 Å². The number of hydrogen-bond acceptors (Lipinski definition) is 3. The van der Waals surface area contributed by atoms with E-state index in [9.17, 15) is 14.0 Å². The second-order valence-corrected chi connectivity index (χ2v) is 7.16. The van der Waals surface area contributed by atoms with Crippen molar-refractivity contribution in [3.05, 3.63) is 35.6 Å². The first-order chi connectivity index (χ1) is 12.0. The van der Waals surface area contributed by atoms with E-state index in [-0.39, 0.29) is 36.1 Å². The zero-order valence-electron chi connectivity index (χ0n) is 14.8. The van der Waals surface area contributed by atoms with E-state index in [2.05, 4.69) is 5.32 Å². The average molecular weight is 348 g/mol. The number of nitrogens with zero attached hydrogens (tertiary/aromatic N) is 1. The number of nitrogens with one attached hydrogen (secondary N) is 1. The molecule has 0 saturated carbocycles. The number of ether oxygens (including phenoxy) is 1. The van der Waals surface area contributed by atoms with E-state index < -0.39 is 5.54 Å². The van der Waals surface area contributed by atoms with Crippen LogP contribution < -0.4 is 5.32 Å². The first-order valence-electron chi connectivity index (χ1n) is 8.82. The summed E-state index contributed by atoms with van der Waals surface area (Å²) in [5.41, 5.74) is -0.0275. The summed E-state index contributed by atoms with van der Waals surface area (Å²) in [4.78, 5) is 26.8. The molecular formula is C19H25FN2O3. The van der Waals surface area contributed by atoms with Gasteiger partial charge < -0.3 is 15.0 Å². The summed E-state index contributed by atoms with van der Waals surface area (Å²) in [5.74, 6) is -0.369. The van der Waals surface area contributed by atoms with Crippen LogP contribution in [0.1, 0.15) is 50.6 Å². The third kappa shape index (κ3) is 3.40. The van der Waals surface area contributed by atoms with Gasteiger partial charge >= 0.3 is 0 Å². The molecule has 2 aliphatic rings. The fourth-order valence-electron chi connectivity index (χ4n) is 4.26. The van der Waals surface area contributed by atoms with Gasteiger partial charge in [-0.2, -0.15) is 0 Å². The molecule has 0 radical (unpaired) electrons. The van der Waals surface area contributed by atoms with Gasteiger partial charge in [0.25, 0.3) is 0 Å². The van der Waals surface area contributed by atoms with Crippen LogP contribution in [0.3, 0.4) is 0 Å². The summed E-state index contributed by atoms with van der Waals surface area (Å²) in [6.07, 6.45) is 2.70. The van der Waals surface area contributed by atoms with Gasteiger partial charge in [0.05, 0.1) is 30.7 Å². The van der Waals surface area contributed by atoms with Gasteiger partial charge in [-0.3, -0.25) is 9.59 Å². The molecule has 1 aromatic carbocycles. The Morgan fingerprint density at radius 3 is 2.92 bits per heavy atom. The summed E-state index contributed by atoms with van der Waals surface area (Å²) in [6, 6.07) is 6.07. The van der Waals surface area contributed by atoms with Gasteiger partial charge in [-0.15, -0.1) is 0 Å². The lowest BCUT2D eigenvalue weighted by molar-refractivity contribution is -0.136. The summed E-state index contributed by atoms with van der Waals surface area (Å²) in [7, 11) is 1.56. The lowest BCUT2D eigenvalue weighted by Gasteiger charge is -2.35. The minimum absolute atomic E-state index is 0.00322. The Labute approximate surface area is 147 Å². The van der Waals surface area contributed by atoms with E-state index >= 15 is 0 Å². The molecule has 0 bridgehead atoms. The lowest BCUT2D eigenvalue weighted by atomic mass is 9.88. The highest BCUT2D eigenvalue weighted by Gasteiger charge is 2.53. The molecule has 2 amide bonds. The highest BCUT2D eigenvalue weighted by Crippen LogP contribution is 2.46. The molecule has 136 valence electrons. The molecule has 0 aromatic heterocycles. The number of rotatable bonds is 4. The number of hydrogen-bond donors (Lipinski definition) is 1. The Bertz CT molecular complexity index is 666. The number of carbonyl (C=O) groups excluding carboxylic acids is 2. The Kier molecular flexibility index (Phi) is 5.08. The van der Waals surface area contributed by atoms with Gasteiger partial charge in [0, 0.05) is 19.1 Å². The van der Waals surface area contributed by atoms with E-state index in [1.807, 2.05) is 6.92 Å². The van der Waals surface area contributed by atoms with E-state index in [4.69, 9.17) is 4.74 Å². The van der Waals surface area contributed by atoms with Gasteiger partial charge in [0.1, 0.15) is 5.82 Å². The number of carbonyl (C=O) groups is 2. The number of likely N-dealkylation sites (tertiary alicyclic amines) is 1. The number of methoxy groups -OCH3 is 1. The summed E-state index contributed by atoms with van der Waals surface area (Å²) in [5, 5.41) is 3.09. The summed E-state index contributed by atoms with van der Waals surface area (Å²) >= 11 is 0. The van der Waals surface area contributed by atoms with Gasteiger partial charge in [-0.1, -0.05) is 18.2 Å². The van der Waals surface area contributed by atoms with Crippen molar-refractivity contribution in [2.45, 2.75) is 56.7 Å². The molecule has 3 rings (SSSR count). The Hall–Kier alpha value is -1.95. The quantitative estimate of drug-likeness (QED) is 0.910. The van der Waals surface area contributed by atoms with Crippen LogP contribution in [0.5, 0.6) is 0 Å². The highest BCUT2D eigenvalue weighted by molar-refractivity contribution is 5.80. The first-order valence-corrected chi connectivity index (χ1v) is 8.82. The fourth-order valence-corrected chi connectivity index (χ4v) is 4.26. The minimum atomic E-state index is -0.538. The number of halogens is 1. The molecule has 5 nitrogen and oxygen atoms in total. The molecule has 0 unspecified atom stereocenters. The van der Waals surface area contributed by atoms with Crippen LogP contribution >= 0.6 is 0 Å². The van der Waals surface area contributed by atoms with Gasteiger partial charge in [-0.25, -0.2) is 4.39 Å². The van der Waals surface area contributed by atoms with Gasteiger partial charge in [-0.05, 0) is 32.3 Å².